The van der Waals surface area contributed by atoms with Crippen LogP contribution in [0.25, 0.3) is 0 Å². The number of benzene rings is 1. The molecule has 1 aliphatic carbocycles. The van der Waals surface area contributed by atoms with Gasteiger partial charge in [0.15, 0.2) is 0 Å². The average molecular weight is 235 g/mol. The standard InChI is InChI=1S/C14H21NO2/c15-9-12-5-1-2-7-14(12)17-10-11-4-3-6-13(16)8-11/h3-4,6,8,12,14,16H,1-2,5,7,9-10,15H2. The summed E-state index contributed by atoms with van der Waals surface area (Å²) >= 11 is 0. The van der Waals surface area contributed by atoms with Gasteiger partial charge in [0.05, 0.1) is 12.7 Å². The molecule has 2 atom stereocenters. The Balaban J connectivity index is 1.88. The fraction of sp³-hybridized carbons (Fsp3) is 0.571. The van der Waals surface area contributed by atoms with E-state index >= 15 is 0 Å². The minimum absolute atomic E-state index is 0.288. The Hall–Kier alpha value is -1.06. The second-order valence-corrected chi connectivity index (χ2v) is 4.80. The Morgan fingerprint density at radius 2 is 2.12 bits per heavy atom. The maximum absolute atomic E-state index is 9.37. The first kappa shape index (κ1) is 12.4. The lowest BCUT2D eigenvalue weighted by molar-refractivity contribution is -0.0183. The minimum Gasteiger partial charge on any atom is -0.508 e. The molecule has 1 aromatic rings. The Morgan fingerprint density at radius 3 is 2.88 bits per heavy atom. The molecule has 94 valence electrons. The summed E-state index contributed by atoms with van der Waals surface area (Å²) in [5.74, 6) is 0.797. The van der Waals surface area contributed by atoms with Gasteiger partial charge in [-0.05, 0) is 43.0 Å². The van der Waals surface area contributed by atoms with Crippen LogP contribution in [-0.4, -0.2) is 17.8 Å². The number of phenols is 1. The van der Waals surface area contributed by atoms with Crippen molar-refractivity contribution in [3.8, 4) is 5.75 Å². The number of hydrogen-bond acceptors (Lipinski definition) is 3. The molecule has 0 saturated heterocycles. The van der Waals surface area contributed by atoms with Gasteiger partial charge in [0.2, 0.25) is 0 Å². The largest absolute Gasteiger partial charge is 0.508 e. The summed E-state index contributed by atoms with van der Waals surface area (Å²) in [5.41, 5.74) is 6.79. The lowest BCUT2D eigenvalue weighted by Gasteiger charge is -2.30. The second kappa shape index (κ2) is 6.03. The molecule has 1 aromatic carbocycles. The summed E-state index contributed by atoms with van der Waals surface area (Å²) in [6.07, 6.45) is 5.09. The van der Waals surface area contributed by atoms with E-state index in [9.17, 15) is 5.11 Å². The second-order valence-electron chi connectivity index (χ2n) is 4.80. The first-order valence-corrected chi connectivity index (χ1v) is 6.39. The van der Waals surface area contributed by atoms with Crippen LogP contribution < -0.4 is 5.73 Å². The van der Waals surface area contributed by atoms with E-state index in [1.54, 1.807) is 12.1 Å². The van der Waals surface area contributed by atoms with Gasteiger partial charge in [0, 0.05) is 0 Å². The van der Waals surface area contributed by atoms with Crippen molar-refractivity contribution < 1.29 is 9.84 Å². The van der Waals surface area contributed by atoms with Crippen molar-refractivity contribution in [3.63, 3.8) is 0 Å². The van der Waals surface area contributed by atoms with Crippen LogP contribution in [0.5, 0.6) is 5.75 Å². The highest BCUT2D eigenvalue weighted by Crippen LogP contribution is 2.27. The predicted octanol–water partition coefficient (Wildman–Crippen LogP) is 2.43. The SMILES string of the molecule is NCC1CCCCC1OCc1cccc(O)c1. The smallest absolute Gasteiger partial charge is 0.115 e. The molecule has 0 spiro atoms. The molecular formula is C14H21NO2. The lowest BCUT2D eigenvalue weighted by atomic mass is 9.86. The Morgan fingerprint density at radius 1 is 1.29 bits per heavy atom. The van der Waals surface area contributed by atoms with Crippen LogP contribution in [0.4, 0.5) is 0 Å². The molecule has 0 amide bonds. The van der Waals surface area contributed by atoms with E-state index in [1.165, 1.54) is 19.3 Å². The molecule has 2 rings (SSSR count). The van der Waals surface area contributed by atoms with Crippen molar-refractivity contribution >= 4 is 0 Å². The van der Waals surface area contributed by atoms with E-state index in [0.717, 1.165) is 12.0 Å². The highest BCUT2D eigenvalue weighted by molar-refractivity contribution is 5.26. The van der Waals surface area contributed by atoms with Crippen LogP contribution in [0, 0.1) is 5.92 Å². The number of rotatable bonds is 4. The summed E-state index contributed by atoms with van der Waals surface area (Å²) in [4.78, 5) is 0. The van der Waals surface area contributed by atoms with Crippen LogP contribution >= 0.6 is 0 Å². The molecule has 0 aromatic heterocycles. The van der Waals surface area contributed by atoms with E-state index in [1.807, 2.05) is 12.1 Å². The molecule has 1 fully saturated rings. The van der Waals surface area contributed by atoms with Crippen LogP contribution in [0.2, 0.25) is 0 Å². The molecular weight excluding hydrogens is 214 g/mol. The van der Waals surface area contributed by atoms with Crippen LogP contribution in [0.1, 0.15) is 31.2 Å². The van der Waals surface area contributed by atoms with Gasteiger partial charge < -0.3 is 15.6 Å². The molecule has 17 heavy (non-hydrogen) atoms. The zero-order valence-electron chi connectivity index (χ0n) is 10.1. The van der Waals surface area contributed by atoms with E-state index in [-0.39, 0.29) is 6.10 Å². The molecule has 0 heterocycles. The van der Waals surface area contributed by atoms with Gasteiger partial charge in [-0.1, -0.05) is 25.0 Å². The topological polar surface area (TPSA) is 55.5 Å². The van der Waals surface area contributed by atoms with E-state index in [4.69, 9.17) is 10.5 Å². The Kier molecular flexibility index (Phi) is 4.40. The van der Waals surface area contributed by atoms with Gasteiger partial charge in [-0.15, -0.1) is 0 Å². The molecule has 1 aliphatic rings. The third-order valence-corrected chi connectivity index (χ3v) is 3.52. The number of phenolic OH excluding ortho intramolecular Hbond substituents is 1. The Bertz CT molecular complexity index is 354. The monoisotopic (exact) mass is 235 g/mol. The lowest BCUT2D eigenvalue weighted by Crippen LogP contribution is -2.33. The van der Waals surface area contributed by atoms with E-state index in [0.29, 0.717) is 24.8 Å². The molecule has 0 radical (unpaired) electrons. The normalized spacial score (nSPS) is 24.8. The first-order chi connectivity index (χ1) is 8.29. The average Bonchev–Trinajstić information content (AvgIpc) is 2.37. The molecule has 3 heteroatoms. The van der Waals surface area contributed by atoms with Gasteiger partial charge in [-0.25, -0.2) is 0 Å². The summed E-state index contributed by atoms with van der Waals surface area (Å²) < 4.78 is 5.94. The zero-order valence-corrected chi connectivity index (χ0v) is 10.1. The fourth-order valence-corrected chi connectivity index (χ4v) is 2.51. The molecule has 0 aliphatic heterocycles. The van der Waals surface area contributed by atoms with E-state index < -0.39 is 0 Å². The molecule has 0 bridgehead atoms. The third kappa shape index (κ3) is 3.45. The number of ether oxygens (including phenoxy) is 1. The number of hydrogen-bond donors (Lipinski definition) is 2. The highest BCUT2D eigenvalue weighted by Gasteiger charge is 2.24. The van der Waals surface area contributed by atoms with Crippen molar-refractivity contribution in [2.75, 3.05) is 6.54 Å². The van der Waals surface area contributed by atoms with Crippen LogP contribution in [0.15, 0.2) is 24.3 Å². The zero-order chi connectivity index (χ0) is 12.1. The summed E-state index contributed by atoms with van der Waals surface area (Å²) in [6.45, 7) is 1.28. The molecule has 3 N–H and O–H groups in total. The Labute approximate surface area is 103 Å². The van der Waals surface area contributed by atoms with Gasteiger partial charge in [0.25, 0.3) is 0 Å². The quantitative estimate of drug-likeness (QED) is 0.842. The van der Waals surface area contributed by atoms with Crippen molar-refractivity contribution in [2.24, 2.45) is 11.7 Å². The van der Waals surface area contributed by atoms with Crippen molar-refractivity contribution in [2.45, 2.75) is 38.4 Å². The fourth-order valence-electron chi connectivity index (χ4n) is 2.51. The maximum atomic E-state index is 9.37. The van der Waals surface area contributed by atoms with Crippen molar-refractivity contribution in [3.05, 3.63) is 29.8 Å². The van der Waals surface area contributed by atoms with Gasteiger partial charge in [-0.3, -0.25) is 0 Å². The predicted molar refractivity (Wildman–Crippen MR) is 67.7 cm³/mol. The minimum atomic E-state index is 0.288. The van der Waals surface area contributed by atoms with Crippen molar-refractivity contribution in [1.29, 1.82) is 0 Å². The van der Waals surface area contributed by atoms with Gasteiger partial charge in [-0.2, -0.15) is 0 Å². The summed E-state index contributed by atoms with van der Waals surface area (Å²) in [7, 11) is 0. The molecule has 3 nitrogen and oxygen atoms in total. The summed E-state index contributed by atoms with van der Waals surface area (Å²) in [6, 6.07) is 7.24. The molecule has 1 saturated carbocycles. The van der Waals surface area contributed by atoms with E-state index in [2.05, 4.69) is 0 Å². The van der Waals surface area contributed by atoms with Gasteiger partial charge in [0.1, 0.15) is 5.75 Å². The first-order valence-electron chi connectivity index (χ1n) is 6.39. The van der Waals surface area contributed by atoms with Crippen LogP contribution in [0.3, 0.4) is 0 Å². The highest BCUT2D eigenvalue weighted by atomic mass is 16.5. The van der Waals surface area contributed by atoms with Crippen LogP contribution in [-0.2, 0) is 11.3 Å². The molecule has 2 unspecified atom stereocenters. The number of aromatic hydroxyl groups is 1. The van der Waals surface area contributed by atoms with Gasteiger partial charge >= 0.3 is 0 Å². The van der Waals surface area contributed by atoms with Crippen molar-refractivity contribution in [1.82, 2.24) is 0 Å². The number of nitrogens with two attached hydrogens (primary N) is 1. The summed E-state index contributed by atoms with van der Waals surface area (Å²) in [5, 5.41) is 9.37. The maximum Gasteiger partial charge on any atom is 0.115 e. The third-order valence-electron chi connectivity index (χ3n) is 3.52.